The van der Waals surface area contributed by atoms with E-state index in [1.54, 1.807) is 19.0 Å². The summed E-state index contributed by atoms with van der Waals surface area (Å²) in [6, 6.07) is 0.389. The molecule has 0 spiro atoms. The molecule has 0 aromatic carbocycles. The van der Waals surface area contributed by atoms with Gasteiger partial charge in [-0.1, -0.05) is 13.8 Å². The zero-order valence-electron chi connectivity index (χ0n) is 13.5. The summed E-state index contributed by atoms with van der Waals surface area (Å²) in [6.45, 7) is 6.09. The number of rotatable bonds is 3. The van der Waals surface area contributed by atoms with Crippen LogP contribution in [0.5, 0.6) is 0 Å². The molecular formula is C14H25N5OS. The van der Waals surface area contributed by atoms with Gasteiger partial charge in [-0.25, -0.2) is 9.78 Å². The summed E-state index contributed by atoms with van der Waals surface area (Å²) >= 11 is 1.48. The van der Waals surface area contributed by atoms with E-state index in [4.69, 9.17) is 0 Å². The van der Waals surface area contributed by atoms with Crippen LogP contribution in [0.3, 0.4) is 0 Å². The molecule has 1 fully saturated rings. The molecule has 7 heteroatoms. The van der Waals surface area contributed by atoms with Crippen LogP contribution in [0.15, 0.2) is 0 Å². The van der Waals surface area contributed by atoms with E-state index in [2.05, 4.69) is 28.1 Å². The lowest BCUT2D eigenvalue weighted by Gasteiger charge is -2.37. The minimum absolute atomic E-state index is 0.0754. The summed E-state index contributed by atoms with van der Waals surface area (Å²) in [5, 5.41) is 1.01. The largest absolute Gasteiger partial charge is 0.347 e. The highest BCUT2D eigenvalue weighted by molar-refractivity contribution is 7.09. The Bertz CT molecular complexity index is 479. The minimum Gasteiger partial charge on any atom is -0.347 e. The molecule has 1 saturated heterocycles. The molecule has 21 heavy (non-hydrogen) atoms. The van der Waals surface area contributed by atoms with Crippen LogP contribution in [0, 0.1) is 0 Å². The quantitative estimate of drug-likeness (QED) is 0.859. The summed E-state index contributed by atoms with van der Waals surface area (Å²) in [6.07, 6.45) is 1.96. The number of hydrogen-bond donors (Lipinski definition) is 0. The summed E-state index contributed by atoms with van der Waals surface area (Å²) in [5.41, 5.74) is 0. The van der Waals surface area contributed by atoms with Gasteiger partial charge in [0.25, 0.3) is 0 Å². The Morgan fingerprint density at radius 3 is 2.38 bits per heavy atom. The van der Waals surface area contributed by atoms with Gasteiger partial charge < -0.3 is 14.7 Å². The Morgan fingerprint density at radius 1 is 1.29 bits per heavy atom. The topological polar surface area (TPSA) is 52.6 Å². The second-order valence-electron chi connectivity index (χ2n) is 6.10. The zero-order valence-corrected chi connectivity index (χ0v) is 14.4. The molecule has 118 valence electrons. The third-order valence-electron chi connectivity index (χ3n) is 3.91. The predicted molar refractivity (Wildman–Crippen MR) is 86.1 cm³/mol. The molecule has 2 amide bonds. The fourth-order valence-electron chi connectivity index (χ4n) is 2.51. The van der Waals surface area contributed by atoms with Crippen LogP contribution in [0.4, 0.5) is 9.93 Å². The molecule has 0 bridgehead atoms. The second kappa shape index (κ2) is 6.60. The lowest BCUT2D eigenvalue weighted by atomic mass is 10.0. The Morgan fingerprint density at radius 2 is 1.90 bits per heavy atom. The third-order valence-corrected chi connectivity index (χ3v) is 4.71. The summed E-state index contributed by atoms with van der Waals surface area (Å²) < 4.78 is 4.41. The van der Waals surface area contributed by atoms with Gasteiger partial charge in [-0.2, -0.15) is 4.37 Å². The first-order chi connectivity index (χ1) is 9.90. The molecule has 1 aromatic heterocycles. The number of nitrogens with zero attached hydrogens (tertiary/aromatic N) is 5. The van der Waals surface area contributed by atoms with Gasteiger partial charge in [-0.3, -0.25) is 0 Å². The first kappa shape index (κ1) is 16.0. The molecule has 2 rings (SSSR count). The highest BCUT2D eigenvalue weighted by Gasteiger charge is 2.27. The van der Waals surface area contributed by atoms with E-state index in [1.165, 1.54) is 11.5 Å². The highest BCUT2D eigenvalue weighted by atomic mass is 32.1. The van der Waals surface area contributed by atoms with Crippen LogP contribution < -0.4 is 4.90 Å². The van der Waals surface area contributed by atoms with Gasteiger partial charge in [0.1, 0.15) is 5.82 Å². The molecule has 0 saturated carbocycles. The molecule has 0 N–H and O–H groups in total. The Balaban J connectivity index is 1.92. The van der Waals surface area contributed by atoms with E-state index >= 15 is 0 Å². The molecule has 1 aromatic rings. The average molecular weight is 311 g/mol. The van der Waals surface area contributed by atoms with Crippen molar-refractivity contribution in [3.05, 3.63) is 5.82 Å². The lowest BCUT2D eigenvalue weighted by Crippen LogP contribution is -2.48. The molecular weight excluding hydrogens is 286 g/mol. The third kappa shape index (κ3) is 3.64. The Labute approximate surface area is 130 Å². The first-order valence-corrected chi connectivity index (χ1v) is 8.20. The number of aromatic nitrogens is 2. The molecule has 0 atom stereocenters. The normalized spacial score (nSPS) is 16.4. The van der Waals surface area contributed by atoms with Gasteiger partial charge >= 0.3 is 6.03 Å². The van der Waals surface area contributed by atoms with Crippen LogP contribution in [-0.2, 0) is 0 Å². The van der Waals surface area contributed by atoms with Crippen molar-refractivity contribution in [1.29, 1.82) is 0 Å². The van der Waals surface area contributed by atoms with Crippen LogP contribution >= 0.6 is 11.5 Å². The summed E-state index contributed by atoms with van der Waals surface area (Å²) in [5.74, 6) is 1.30. The van der Waals surface area contributed by atoms with Gasteiger partial charge in [0.2, 0.25) is 5.13 Å². The minimum atomic E-state index is 0.0754. The highest BCUT2D eigenvalue weighted by Crippen LogP contribution is 2.25. The Kier molecular flexibility index (Phi) is 5.03. The molecule has 2 heterocycles. The van der Waals surface area contributed by atoms with E-state index in [1.807, 2.05) is 11.9 Å². The zero-order chi connectivity index (χ0) is 15.6. The van der Waals surface area contributed by atoms with Crippen molar-refractivity contribution < 1.29 is 4.79 Å². The maximum Gasteiger partial charge on any atom is 0.319 e. The first-order valence-electron chi connectivity index (χ1n) is 7.42. The van der Waals surface area contributed by atoms with Crippen LogP contribution in [0.1, 0.15) is 38.4 Å². The van der Waals surface area contributed by atoms with E-state index in [0.29, 0.717) is 12.0 Å². The molecule has 1 aliphatic heterocycles. The number of piperidine rings is 1. The monoisotopic (exact) mass is 311 g/mol. The number of urea groups is 1. The van der Waals surface area contributed by atoms with E-state index in [0.717, 1.165) is 36.9 Å². The fourth-order valence-corrected chi connectivity index (χ4v) is 3.36. The predicted octanol–water partition coefficient (Wildman–Crippen LogP) is 2.24. The van der Waals surface area contributed by atoms with Crippen molar-refractivity contribution in [2.24, 2.45) is 0 Å². The van der Waals surface area contributed by atoms with Crippen LogP contribution in [0.25, 0.3) is 0 Å². The molecule has 1 aliphatic rings. The summed E-state index contributed by atoms with van der Waals surface area (Å²) in [4.78, 5) is 22.4. The van der Waals surface area contributed by atoms with Crippen molar-refractivity contribution in [2.45, 2.75) is 38.6 Å². The van der Waals surface area contributed by atoms with Crippen molar-refractivity contribution in [3.63, 3.8) is 0 Å². The number of carbonyl (C=O) groups excluding carboxylic acids is 1. The number of carbonyl (C=O) groups is 1. The molecule has 6 nitrogen and oxygen atoms in total. The average Bonchev–Trinajstić information content (AvgIpc) is 2.96. The van der Waals surface area contributed by atoms with Gasteiger partial charge in [-0.15, -0.1) is 0 Å². The van der Waals surface area contributed by atoms with Gasteiger partial charge in [-0.05, 0) is 12.8 Å². The maximum absolute atomic E-state index is 12.0. The van der Waals surface area contributed by atoms with E-state index < -0.39 is 0 Å². The van der Waals surface area contributed by atoms with Crippen molar-refractivity contribution in [1.82, 2.24) is 19.2 Å². The summed E-state index contributed by atoms with van der Waals surface area (Å²) in [7, 11) is 5.48. The fraction of sp³-hybridized carbons (Fsp3) is 0.786. The van der Waals surface area contributed by atoms with Gasteiger partial charge in [0.05, 0.1) is 0 Å². The van der Waals surface area contributed by atoms with E-state index in [9.17, 15) is 4.79 Å². The van der Waals surface area contributed by atoms with Crippen molar-refractivity contribution in [2.75, 3.05) is 39.1 Å². The number of hydrogen-bond acceptors (Lipinski definition) is 5. The SMILES string of the molecule is CC(C)c1nsc(N2CCC(N(C)C(=O)N(C)C)CC2)n1. The van der Waals surface area contributed by atoms with Gasteiger partial charge in [0, 0.05) is 57.7 Å². The number of amides is 2. The second-order valence-corrected chi connectivity index (χ2v) is 6.83. The van der Waals surface area contributed by atoms with Crippen molar-refractivity contribution in [3.8, 4) is 0 Å². The van der Waals surface area contributed by atoms with E-state index in [-0.39, 0.29) is 6.03 Å². The van der Waals surface area contributed by atoms with Crippen molar-refractivity contribution >= 4 is 22.7 Å². The molecule has 0 unspecified atom stereocenters. The standard InChI is InChI=1S/C14H25N5OS/c1-10(2)12-15-13(21-16-12)19-8-6-11(7-9-19)18(5)14(20)17(3)4/h10-11H,6-9H2,1-5H3. The smallest absolute Gasteiger partial charge is 0.319 e. The molecule has 0 aliphatic carbocycles. The lowest BCUT2D eigenvalue weighted by molar-refractivity contribution is 0.155. The molecule has 0 radical (unpaired) electrons. The van der Waals surface area contributed by atoms with Gasteiger partial charge in [0.15, 0.2) is 0 Å². The maximum atomic E-state index is 12.0. The number of anilines is 1. The van der Waals surface area contributed by atoms with Crippen LogP contribution in [0.2, 0.25) is 0 Å². The van der Waals surface area contributed by atoms with Crippen LogP contribution in [-0.4, -0.2) is 65.5 Å². The Hall–Kier alpha value is -1.37.